The molecule has 1 unspecified atom stereocenters. The van der Waals surface area contributed by atoms with Crippen molar-refractivity contribution in [3.05, 3.63) is 58.6 Å². The van der Waals surface area contributed by atoms with Gasteiger partial charge in [-0.1, -0.05) is 0 Å². The second kappa shape index (κ2) is 7.03. The van der Waals surface area contributed by atoms with Crippen molar-refractivity contribution < 1.29 is 9.50 Å². The van der Waals surface area contributed by atoms with Gasteiger partial charge in [-0.3, -0.25) is 4.98 Å². The largest absolute Gasteiger partial charge is 0.392 e. The molecule has 0 saturated carbocycles. The first-order valence-corrected chi connectivity index (χ1v) is 7.57. The number of halogens is 2. The Balaban J connectivity index is 1.84. The van der Waals surface area contributed by atoms with Crippen molar-refractivity contribution in [1.29, 1.82) is 0 Å². The van der Waals surface area contributed by atoms with Crippen molar-refractivity contribution >= 4 is 27.7 Å². The van der Waals surface area contributed by atoms with E-state index in [1.165, 1.54) is 23.9 Å². The van der Waals surface area contributed by atoms with Crippen LogP contribution >= 0.6 is 27.7 Å². The second-order valence-electron chi connectivity index (χ2n) is 4.13. The fourth-order valence-corrected chi connectivity index (χ4v) is 2.87. The van der Waals surface area contributed by atoms with Crippen LogP contribution in [0.25, 0.3) is 0 Å². The van der Waals surface area contributed by atoms with Crippen molar-refractivity contribution in [1.82, 2.24) is 4.98 Å². The summed E-state index contributed by atoms with van der Waals surface area (Å²) >= 11 is 4.86. The van der Waals surface area contributed by atoms with Gasteiger partial charge in [0, 0.05) is 33.9 Å². The molecule has 0 spiro atoms. The highest BCUT2D eigenvalue weighted by molar-refractivity contribution is 9.10. The number of aliphatic hydroxyl groups is 1. The summed E-state index contributed by atoms with van der Waals surface area (Å²) in [6.07, 6.45) is 3.56. The Morgan fingerprint density at radius 1 is 1.26 bits per heavy atom. The zero-order valence-corrected chi connectivity index (χ0v) is 12.5. The third-order valence-electron chi connectivity index (χ3n) is 2.49. The van der Waals surface area contributed by atoms with Gasteiger partial charge in [0.2, 0.25) is 0 Å². The molecular formula is C14H13BrFNOS. The van der Waals surface area contributed by atoms with Gasteiger partial charge in [-0.15, -0.1) is 11.8 Å². The molecule has 1 heterocycles. The molecule has 5 heteroatoms. The van der Waals surface area contributed by atoms with Gasteiger partial charge >= 0.3 is 0 Å². The second-order valence-corrected chi connectivity index (χ2v) is 6.14. The Labute approximate surface area is 124 Å². The number of thioether (sulfide) groups is 1. The van der Waals surface area contributed by atoms with E-state index in [1.54, 1.807) is 24.5 Å². The average molecular weight is 342 g/mol. The molecule has 0 radical (unpaired) electrons. The highest BCUT2D eigenvalue weighted by atomic mass is 79.9. The van der Waals surface area contributed by atoms with Crippen LogP contribution in [0.15, 0.2) is 52.1 Å². The molecule has 1 aromatic heterocycles. The lowest BCUT2D eigenvalue weighted by Crippen LogP contribution is -2.13. The van der Waals surface area contributed by atoms with Crippen molar-refractivity contribution in [2.75, 3.05) is 5.75 Å². The average Bonchev–Trinajstić information content (AvgIpc) is 2.38. The smallest absolute Gasteiger partial charge is 0.123 e. The number of pyridine rings is 1. The Morgan fingerprint density at radius 2 is 2.00 bits per heavy atom. The molecule has 0 bridgehead atoms. The molecule has 2 aromatic rings. The van der Waals surface area contributed by atoms with Gasteiger partial charge in [0.1, 0.15) is 5.82 Å². The van der Waals surface area contributed by atoms with Gasteiger partial charge in [0.25, 0.3) is 0 Å². The molecule has 0 aliphatic rings. The van der Waals surface area contributed by atoms with Crippen LogP contribution in [-0.4, -0.2) is 21.9 Å². The lowest BCUT2D eigenvalue weighted by Gasteiger charge is -2.10. The number of hydrogen-bond donors (Lipinski definition) is 1. The van der Waals surface area contributed by atoms with E-state index in [1.807, 2.05) is 6.07 Å². The van der Waals surface area contributed by atoms with Crippen molar-refractivity contribution in [2.45, 2.75) is 17.4 Å². The first kappa shape index (κ1) is 14.5. The summed E-state index contributed by atoms with van der Waals surface area (Å²) in [5.41, 5.74) is 0.988. The molecule has 0 saturated heterocycles. The minimum atomic E-state index is -0.453. The van der Waals surface area contributed by atoms with Gasteiger partial charge in [-0.25, -0.2) is 4.39 Å². The maximum Gasteiger partial charge on any atom is 0.123 e. The van der Waals surface area contributed by atoms with Crippen LogP contribution in [0, 0.1) is 5.82 Å². The summed E-state index contributed by atoms with van der Waals surface area (Å²) in [6.45, 7) is 0. The number of hydrogen-bond acceptors (Lipinski definition) is 3. The molecule has 2 nitrogen and oxygen atoms in total. The summed E-state index contributed by atoms with van der Waals surface area (Å²) in [5, 5.41) is 9.97. The van der Waals surface area contributed by atoms with E-state index in [9.17, 15) is 9.50 Å². The fourth-order valence-electron chi connectivity index (χ4n) is 1.62. The lowest BCUT2D eigenvalue weighted by molar-refractivity contribution is 0.200. The topological polar surface area (TPSA) is 33.1 Å². The number of benzene rings is 1. The van der Waals surface area contributed by atoms with Crippen LogP contribution in [0.2, 0.25) is 0 Å². The van der Waals surface area contributed by atoms with Gasteiger partial charge in [0.15, 0.2) is 0 Å². The Kier molecular flexibility index (Phi) is 5.36. The van der Waals surface area contributed by atoms with Gasteiger partial charge in [-0.05, 0) is 51.8 Å². The predicted molar refractivity (Wildman–Crippen MR) is 78.8 cm³/mol. The van der Waals surface area contributed by atoms with E-state index in [4.69, 9.17) is 0 Å². The van der Waals surface area contributed by atoms with Crippen LogP contribution < -0.4 is 0 Å². The van der Waals surface area contributed by atoms with Crippen molar-refractivity contribution in [3.63, 3.8) is 0 Å². The lowest BCUT2D eigenvalue weighted by atomic mass is 10.1. The third-order valence-corrected chi connectivity index (χ3v) is 4.08. The SMILES string of the molecule is OC(CSc1ccc(F)cc1)Cc1cncc(Br)c1. The van der Waals surface area contributed by atoms with Crippen molar-refractivity contribution in [3.8, 4) is 0 Å². The van der Waals surface area contributed by atoms with Gasteiger partial charge in [0.05, 0.1) is 6.10 Å². The van der Waals surface area contributed by atoms with E-state index in [0.29, 0.717) is 12.2 Å². The molecule has 1 aromatic carbocycles. The van der Waals surface area contributed by atoms with E-state index in [-0.39, 0.29) is 5.82 Å². The number of nitrogens with zero attached hydrogens (tertiary/aromatic N) is 1. The number of aromatic nitrogens is 1. The summed E-state index contributed by atoms with van der Waals surface area (Å²) in [5.74, 6) is 0.322. The summed E-state index contributed by atoms with van der Waals surface area (Å²) in [7, 11) is 0. The molecule has 1 atom stereocenters. The molecule has 2 rings (SSSR count). The van der Waals surface area contributed by atoms with Crippen LogP contribution in [0.4, 0.5) is 4.39 Å². The predicted octanol–water partition coefficient (Wildman–Crippen LogP) is 3.68. The van der Waals surface area contributed by atoms with Gasteiger partial charge < -0.3 is 5.11 Å². The Hall–Kier alpha value is -0.910. The van der Waals surface area contributed by atoms with E-state index < -0.39 is 6.10 Å². The molecule has 100 valence electrons. The summed E-state index contributed by atoms with van der Waals surface area (Å²) < 4.78 is 13.6. The monoisotopic (exact) mass is 341 g/mol. The normalized spacial score (nSPS) is 12.4. The molecule has 0 amide bonds. The highest BCUT2D eigenvalue weighted by Crippen LogP contribution is 2.20. The molecule has 0 aliphatic heterocycles. The zero-order valence-electron chi connectivity index (χ0n) is 10.1. The van der Waals surface area contributed by atoms with Crippen LogP contribution in [0.5, 0.6) is 0 Å². The number of aliphatic hydroxyl groups excluding tert-OH is 1. The fraction of sp³-hybridized carbons (Fsp3) is 0.214. The zero-order chi connectivity index (χ0) is 13.7. The molecule has 1 N–H and O–H groups in total. The third kappa shape index (κ3) is 4.93. The quantitative estimate of drug-likeness (QED) is 0.842. The maximum atomic E-state index is 12.7. The highest BCUT2D eigenvalue weighted by Gasteiger charge is 2.07. The first-order chi connectivity index (χ1) is 9.13. The summed E-state index contributed by atoms with van der Waals surface area (Å²) in [4.78, 5) is 5.01. The Morgan fingerprint density at radius 3 is 2.68 bits per heavy atom. The van der Waals surface area contributed by atoms with Crippen LogP contribution in [0.1, 0.15) is 5.56 Å². The van der Waals surface area contributed by atoms with Crippen LogP contribution in [-0.2, 0) is 6.42 Å². The standard InChI is InChI=1S/C14H13BrFNOS/c15-11-5-10(7-17-8-11)6-13(18)9-19-14-3-1-12(16)2-4-14/h1-5,7-8,13,18H,6,9H2. The van der Waals surface area contributed by atoms with E-state index in [2.05, 4.69) is 20.9 Å². The summed E-state index contributed by atoms with van der Waals surface area (Å²) in [6, 6.07) is 8.22. The molecule has 0 fully saturated rings. The van der Waals surface area contributed by atoms with Crippen molar-refractivity contribution in [2.24, 2.45) is 0 Å². The minimum absolute atomic E-state index is 0.245. The Bertz CT molecular complexity index is 535. The van der Waals surface area contributed by atoms with E-state index >= 15 is 0 Å². The molecule has 0 aliphatic carbocycles. The molecular weight excluding hydrogens is 329 g/mol. The van der Waals surface area contributed by atoms with Gasteiger partial charge in [-0.2, -0.15) is 0 Å². The minimum Gasteiger partial charge on any atom is -0.392 e. The maximum absolute atomic E-state index is 12.7. The first-order valence-electron chi connectivity index (χ1n) is 5.79. The molecule has 19 heavy (non-hydrogen) atoms. The van der Waals surface area contributed by atoms with E-state index in [0.717, 1.165) is 14.9 Å². The number of rotatable bonds is 5. The van der Waals surface area contributed by atoms with Crippen LogP contribution in [0.3, 0.4) is 0 Å².